The van der Waals surface area contributed by atoms with Gasteiger partial charge in [-0.15, -0.1) is 0 Å². The number of fused-ring (bicyclic) bond motifs is 1. The molecule has 2 aromatic carbocycles. The van der Waals surface area contributed by atoms with Crippen molar-refractivity contribution in [2.75, 3.05) is 11.9 Å². The van der Waals surface area contributed by atoms with E-state index in [1.807, 2.05) is 12.1 Å². The summed E-state index contributed by atoms with van der Waals surface area (Å²) in [6.45, 7) is 1.09. The van der Waals surface area contributed by atoms with E-state index in [0.29, 0.717) is 13.2 Å². The van der Waals surface area contributed by atoms with Crippen LogP contribution in [0.15, 0.2) is 34.8 Å². The molecule has 104 valence electrons. The molecule has 1 aliphatic rings. The Balaban J connectivity index is 1.82. The van der Waals surface area contributed by atoms with E-state index in [1.54, 1.807) is 0 Å². The quantitative estimate of drug-likeness (QED) is 0.901. The normalized spacial score (nSPS) is 12.9. The van der Waals surface area contributed by atoms with E-state index in [1.165, 1.54) is 12.1 Å². The van der Waals surface area contributed by atoms with Crippen LogP contribution in [0.2, 0.25) is 0 Å². The summed E-state index contributed by atoms with van der Waals surface area (Å²) in [4.78, 5) is 0. The van der Waals surface area contributed by atoms with Crippen molar-refractivity contribution in [2.45, 2.75) is 13.0 Å². The predicted molar refractivity (Wildman–Crippen MR) is 77.0 cm³/mol. The first-order chi connectivity index (χ1) is 9.63. The Labute approximate surface area is 123 Å². The highest BCUT2D eigenvalue weighted by molar-refractivity contribution is 9.10. The summed E-state index contributed by atoms with van der Waals surface area (Å²) in [5, 5.41) is 2.97. The van der Waals surface area contributed by atoms with Crippen LogP contribution >= 0.6 is 15.9 Å². The van der Waals surface area contributed by atoms with Crippen molar-refractivity contribution in [3.8, 4) is 5.75 Å². The molecule has 2 nitrogen and oxygen atoms in total. The van der Waals surface area contributed by atoms with Gasteiger partial charge in [0.1, 0.15) is 17.4 Å². The third-order valence-corrected chi connectivity index (χ3v) is 3.68. The number of ether oxygens (including phenoxy) is 1. The molecule has 1 N–H and O–H groups in total. The second kappa shape index (κ2) is 5.40. The van der Waals surface area contributed by atoms with Gasteiger partial charge >= 0.3 is 0 Å². The van der Waals surface area contributed by atoms with E-state index in [9.17, 15) is 8.78 Å². The zero-order chi connectivity index (χ0) is 14.1. The van der Waals surface area contributed by atoms with Crippen molar-refractivity contribution in [2.24, 2.45) is 0 Å². The van der Waals surface area contributed by atoms with Crippen LogP contribution in [-0.2, 0) is 13.0 Å². The summed E-state index contributed by atoms with van der Waals surface area (Å²) in [6, 6.07) is 7.46. The van der Waals surface area contributed by atoms with Crippen molar-refractivity contribution in [3.63, 3.8) is 0 Å². The third kappa shape index (κ3) is 2.63. The molecule has 0 atom stereocenters. The van der Waals surface area contributed by atoms with Crippen LogP contribution in [-0.4, -0.2) is 6.61 Å². The van der Waals surface area contributed by atoms with Crippen molar-refractivity contribution in [1.82, 2.24) is 0 Å². The first-order valence-corrected chi connectivity index (χ1v) is 7.06. The van der Waals surface area contributed by atoms with E-state index in [2.05, 4.69) is 21.2 Å². The van der Waals surface area contributed by atoms with Crippen LogP contribution in [0.1, 0.15) is 11.1 Å². The van der Waals surface area contributed by atoms with Crippen molar-refractivity contribution >= 4 is 21.6 Å². The van der Waals surface area contributed by atoms with Gasteiger partial charge in [-0.25, -0.2) is 8.78 Å². The summed E-state index contributed by atoms with van der Waals surface area (Å²) >= 11 is 3.46. The summed E-state index contributed by atoms with van der Waals surface area (Å²) in [7, 11) is 0. The third-order valence-electron chi connectivity index (χ3n) is 3.23. The molecule has 2 aromatic rings. The maximum absolute atomic E-state index is 13.6. The Morgan fingerprint density at radius 2 is 2.05 bits per heavy atom. The lowest BCUT2D eigenvalue weighted by atomic mass is 10.1. The van der Waals surface area contributed by atoms with E-state index >= 15 is 0 Å². The van der Waals surface area contributed by atoms with Gasteiger partial charge in [-0.2, -0.15) is 0 Å². The Kier molecular flexibility index (Phi) is 3.61. The highest BCUT2D eigenvalue weighted by Gasteiger charge is 2.17. The fourth-order valence-electron chi connectivity index (χ4n) is 2.30. The standard InChI is InChI=1S/C15H12BrF2NO/c16-11-5-9-3-4-20-15(9)10(6-11)8-19-14-2-1-12(17)7-13(14)18/h1-2,5-7,19H,3-4,8H2. The smallest absolute Gasteiger partial charge is 0.149 e. The average molecular weight is 340 g/mol. The molecule has 0 aromatic heterocycles. The van der Waals surface area contributed by atoms with Crippen LogP contribution in [0.5, 0.6) is 5.75 Å². The van der Waals surface area contributed by atoms with Crippen LogP contribution in [0.3, 0.4) is 0 Å². The Morgan fingerprint density at radius 1 is 1.20 bits per heavy atom. The maximum atomic E-state index is 13.6. The van der Waals surface area contributed by atoms with E-state index in [4.69, 9.17) is 4.74 Å². The van der Waals surface area contributed by atoms with Crippen LogP contribution in [0.4, 0.5) is 14.5 Å². The predicted octanol–water partition coefficient (Wildman–Crippen LogP) is 4.27. The average Bonchev–Trinajstić information content (AvgIpc) is 2.85. The van der Waals surface area contributed by atoms with Gasteiger partial charge in [0.2, 0.25) is 0 Å². The minimum absolute atomic E-state index is 0.276. The second-order valence-corrected chi connectivity index (χ2v) is 5.55. The number of hydrogen-bond acceptors (Lipinski definition) is 2. The topological polar surface area (TPSA) is 21.3 Å². The zero-order valence-corrected chi connectivity index (χ0v) is 12.1. The van der Waals surface area contributed by atoms with E-state index in [0.717, 1.165) is 33.8 Å². The van der Waals surface area contributed by atoms with Gasteiger partial charge in [0.05, 0.1) is 12.3 Å². The van der Waals surface area contributed by atoms with Gasteiger partial charge in [-0.05, 0) is 29.8 Å². The van der Waals surface area contributed by atoms with Crippen LogP contribution < -0.4 is 10.1 Å². The fraction of sp³-hybridized carbons (Fsp3) is 0.200. The van der Waals surface area contributed by atoms with Gasteiger partial charge in [0.25, 0.3) is 0 Å². The second-order valence-electron chi connectivity index (χ2n) is 4.63. The lowest BCUT2D eigenvalue weighted by Crippen LogP contribution is -2.03. The number of rotatable bonds is 3. The molecule has 0 unspecified atom stereocenters. The van der Waals surface area contributed by atoms with E-state index in [-0.39, 0.29) is 5.69 Å². The largest absolute Gasteiger partial charge is 0.493 e. The van der Waals surface area contributed by atoms with Gasteiger partial charge < -0.3 is 10.1 Å². The van der Waals surface area contributed by atoms with Gasteiger partial charge in [-0.1, -0.05) is 15.9 Å². The zero-order valence-electron chi connectivity index (χ0n) is 10.6. The van der Waals surface area contributed by atoms with Gasteiger partial charge in [0.15, 0.2) is 0 Å². The molecular weight excluding hydrogens is 328 g/mol. The molecule has 1 heterocycles. The summed E-state index contributed by atoms with van der Waals surface area (Å²) in [6.07, 6.45) is 0.882. The maximum Gasteiger partial charge on any atom is 0.149 e. The highest BCUT2D eigenvalue weighted by atomic mass is 79.9. The lowest BCUT2D eigenvalue weighted by Gasteiger charge is -2.12. The molecule has 0 amide bonds. The number of hydrogen-bond donors (Lipinski definition) is 1. The molecular formula is C15H12BrF2NO. The van der Waals surface area contributed by atoms with Gasteiger partial charge in [-0.3, -0.25) is 0 Å². The SMILES string of the molecule is Fc1ccc(NCc2cc(Br)cc3c2OCC3)c(F)c1. The molecule has 0 radical (unpaired) electrons. The molecule has 0 saturated carbocycles. The first kappa shape index (κ1) is 13.4. The first-order valence-electron chi connectivity index (χ1n) is 6.26. The molecule has 0 bridgehead atoms. The number of benzene rings is 2. The van der Waals surface area contributed by atoms with Gasteiger partial charge in [0, 0.05) is 29.1 Å². The minimum Gasteiger partial charge on any atom is -0.493 e. The minimum atomic E-state index is -0.599. The Bertz CT molecular complexity index is 661. The van der Waals surface area contributed by atoms with Crippen LogP contribution in [0.25, 0.3) is 0 Å². The van der Waals surface area contributed by atoms with E-state index < -0.39 is 11.6 Å². The summed E-state index contributed by atoms with van der Waals surface area (Å²) in [5.41, 5.74) is 2.38. The summed E-state index contributed by atoms with van der Waals surface area (Å²) < 4.78 is 33.0. The monoisotopic (exact) mass is 339 g/mol. The van der Waals surface area contributed by atoms with Crippen LogP contribution in [0, 0.1) is 11.6 Å². The molecule has 20 heavy (non-hydrogen) atoms. The molecule has 0 fully saturated rings. The Hall–Kier alpha value is -1.62. The molecule has 5 heteroatoms. The molecule has 3 rings (SSSR count). The summed E-state index contributed by atoms with van der Waals surface area (Å²) in [5.74, 6) is -0.319. The molecule has 0 saturated heterocycles. The molecule has 1 aliphatic heterocycles. The molecule has 0 spiro atoms. The van der Waals surface area contributed by atoms with Crippen molar-refractivity contribution < 1.29 is 13.5 Å². The highest BCUT2D eigenvalue weighted by Crippen LogP contribution is 2.33. The van der Waals surface area contributed by atoms with Crippen molar-refractivity contribution in [3.05, 3.63) is 57.6 Å². The Morgan fingerprint density at radius 3 is 2.85 bits per heavy atom. The number of nitrogens with one attached hydrogen (secondary N) is 1. The van der Waals surface area contributed by atoms with Crippen molar-refractivity contribution in [1.29, 1.82) is 0 Å². The number of halogens is 3. The number of anilines is 1. The lowest BCUT2D eigenvalue weighted by molar-refractivity contribution is 0.354. The molecule has 0 aliphatic carbocycles. The fourth-order valence-corrected chi connectivity index (χ4v) is 2.85.